The van der Waals surface area contributed by atoms with Crippen molar-refractivity contribution in [3.63, 3.8) is 0 Å². The van der Waals surface area contributed by atoms with E-state index in [-0.39, 0.29) is 13.0 Å². The lowest BCUT2D eigenvalue weighted by atomic mass is 10.1. The van der Waals surface area contributed by atoms with Gasteiger partial charge in [0.05, 0.1) is 6.10 Å². The predicted molar refractivity (Wildman–Crippen MR) is 32.6 cm³/mol. The van der Waals surface area contributed by atoms with Crippen LogP contribution < -0.4 is 0 Å². The van der Waals surface area contributed by atoms with Gasteiger partial charge in [0.1, 0.15) is 0 Å². The highest BCUT2D eigenvalue weighted by Gasteiger charge is 2.00. The van der Waals surface area contributed by atoms with Crippen LogP contribution in [0.25, 0.3) is 0 Å². The van der Waals surface area contributed by atoms with E-state index >= 15 is 0 Å². The molecule has 0 saturated heterocycles. The van der Waals surface area contributed by atoms with E-state index in [1.807, 2.05) is 0 Å². The molecule has 0 rings (SSSR count). The topological polar surface area (TPSA) is 57.5 Å². The van der Waals surface area contributed by atoms with Gasteiger partial charge in [-0.05, 0) is 12.8 Å². The lowest BCUT2D eigenvalue weighted by Gasteiger charge is -2.03. The van der Waals surface area contributed by atoms with Crippen molar-refractivity contribution in [2.24, 2.45) is 0 Å². The summed E-state index contributed by atoms with van der Waals surface area (Å²) in [5.41, 5.74) is 0. The van der Waals surface area contributed by atoms with Gasteiger partial charge in [0.2, 0.25) is 0 Å². The molecular weight excluding hydrogens is 120 g/mol. The molecule has 0 spiro atoms. The van der Waals surface area contributed by atoms with Gasteiger partial charge in [-0.2, -0.15) is 0 Å². The van der Waals surface area contributed by atoms with E-state index in [1.54, 1.807) is 6.29 Å². The molecule has 0 aliphatic carbocycles. The Morgan fingerprint density at radius 3 is 2.56 bits per heavy atom. The Hall–Kier alpha value is -0.410. The van der Waals surface area contributed by atoms with Crippen molar-refractivity contribution in [1.29, 1.82) is 0 Å². The highest BCUT2D eigenvalue weighted by atomic mass is 16.3. The molecule has 0 aliphatic rings. The monoisotopic (exact) mass is 131 g/mol. The number of hydrogen-bond donors (Lipinski definition) is 2. The third-order valence-corrected chi connectivity index (χ3v) is 1.04. The summed E-state index contributed by atoms with van der Waals surface area (Å²) in [7, 11) is 0. The summed E-state index contributed by atoms with van der Waals surface area (Å²) in [6.45, 7) is -0.0278. The van der Waals surface area contributed by atoms with Crippen molar-refractivity contribution in [3.05, 3.63) is 0 Å². The van der Waals surface area contributed by atoms with Gasteiger partial charge in [-0.3, -0.25) is 4.79 Å². The standard InChI is InChI=1S/C6H11O3/c7-4-1-2-6(9)3-5-8/h6,8-9H,1-3,5H2. The van der Waals surface area contributed by atoms with Gasteiger partial charge in [0, 0.05) is 13.0 Å². The zero-order valence-corrected chi connectivity index (χ0v) is 5.21. The average Bonchev–Trinajstić information content (AvgIpc) is 1.85. The summed E-state index contributed by atoms with van der Waals surface area (Å²) in [6.07, 6.45) is 2.13. The van der Waals surface area contributed by atoms with Crippen LogP contribution in [0.5, 0.6) is 0 Å². The molecule has 0 aromatic rings. The lowest BCUT2D eigenvalue weighted by Crippen LogP contribution is -2.08. The minimum Gasteiger partial charge on any atom is -0.396 e. The number of aliphatic hydroxyl groups is 2. The second-order valence-corrected chi connectivity index (χ2v) is 1.85. The molecule has 53 valence electrons. The van der Waals surface area contributed by atoms with E-state index in [0.717, 1.165) is 0 Å². The van der Waals surface area contributed by atoms with E-state index in [4.69, 9.17) is 10.2 Å². The van der Waals surface area contributed by atoms with Crippen molar-refractivity contribution in [2.75, 3.05) is 6.61 Å². The molecule has 0 aromatic carbocycles. The normalized spacial score (nSPS) is 13.1. The molecule has 0 amide bonds. The molecule has 1 radical (unpaired) electrons. The van der Waals surface area contributed by atoms with Gasteiger partial charge in [-0.1, -0.05) is 0 Å². The minimum absolute atomic E-state index is 0.0278. The molecule has 3 nitrogen and oxygen atoms in total. The number of aliphatic hydroxyl groups excluding tert-OH is 2. The summed E-state index contributed by atoms with van der Waals surface area (Å²) in [4.78, 5) is 9.61. The zero-order chi connectivity index (χ0) is 7.11. The first-order chi connectivity index (χ1) is 4.31. The fourth-order valence-electron chi connectivity index (χ4n) is 0.519. The van der Waals surface area contributed by atoms with E-state index in [1.165, 1.54) is 0 Å². The van der Waals surface area contributed by atoms with E-state index in [0.29, 0.717) is 12.8 Å². The second-order valence-electron chi connectivity index (χ2n) is 1.85. The Labute approximate surface area is 54.3 Å². The Morgan fingerprint density at radius 1 is 1.44 bits per heavy atom. The predicted octanol–water partition coefficient (Wildman–Crippen LogP) is -0.380. The maximum atomic E-state index is 9.61. The number of hydrogen-bond acceptors (Lipinski definition) is 3. The van der Waals surface area contributed by atoms with Gasteiger partial charge >= 0.3 is 0 Å². The largest absolute Gasteiger partial charge is 0.396 e. The van der Waals surface area contributed by atoms with Crippen LogP contribution in [0.2, 0.25) is 0 Å². The van der Waals surface area contributed by atoms with Gasteiger partial charge in [-0.15, -0.1) is 0 Å². The number of carbonyl (C=O) groups excluding carboxylic acids is 1. The van der Waals surface area contributed by atoms with Gasteiger partial charge < -0.3 is 10.2 Å². The highest BCUT2D eigenvalue weighted by molar-refractivity contribution is 5.50. The third-order valence-electron chi connectivity index (χ3n) is 1.04. The zero-order valence-electron chi connectivity index (χ0n) is 5.21. The van der Waals surface area contributed by atoms with Crippen molar-refractivity contribution >= 4 is 6.29 Å². The number of rotatable bonds is 5. The van der Waals surface area contributed by atoms with Crippen LogP contribution in [0.3, 0.4) is 0 Å². The Morgan fingerprint density at radius 2 is 2.11 bits per heavy atom. The minimum atomic E-state index is -0.545. The highest BCUT2D eigenvalue weighted by Crippen LogP contribution is 1.97. The Bertz CT molecular complexity index is 72.7. The van der Waals surface area contributed by atoms with Crippen molar-refractivity contribution in [2.45, 2.75) is 25.4 Å². The van der Waals surface area contributed by atoms with Crippen molar-refractivity contribution in [1.82, 2.24) is 0 Å². The molecule has 0 heterocycles. The summed E-state index contributed by atoms with van der Waals surface area (Å²) in [5.74, 6) is 0. The van der Waals surface area contributed by atoms with Gasteiger partial charge in [-0.25, -0.2) is 0 Å². The van der Waals surface area contributed by atoms with Gasteiger partial charge in [0.15, 0.2) is 6.29 Å². The molecule has 1 unspecified atom stereocenters. The van der Waals surface area contributed by atoms with Crippen LogP contribution >= 0.6 is 0 Å². The molecule has 0 saturated carbocycles. The molecule has 3 heteroatoms. The summed E-state index contributed by atoms with van der Waals surface area (Å²) in [5, 5.41) is 17.1. The molecule has 0 aromatic heterocycles. The molecule has 0 bridgehead atoms. The van der Waals surface area contributed by atoms with Crippen LogP contribution in [0.4, 0.5) is 0 Å². The van der Waals surface area contributed by atoms with E-state index < -0.39 is 6.10 Å². The summed E-state index contributed by atoms with van der Waals surface area (Å²) < 4.78 is 0. The lowest BCUT2D eigenvalue weighted by molar-refractivity contribution is 0.127. The molecule has 1 atom stereocenters. The first-order valence-corrected chi connectivity index (χ1v) is 2.95. The van der Waals surface area contributed by atoms with Crippen LogP contribution in [0.15, 0.2) is 0 Å². The van der Waals surface area contributed by atoms with Crippen molar-refractivity contribution in [3.8, 4) is 0 Å². The first kappa shape index (κ1) is 8.59. The average molecular weight is 131 g/mol. The molecule has 2 N–H and O–H groups in total. The van der Waals surface area contributed by atoms with Crippen LogP contribution in [-0.4, -0.2) is 29.2 Å². The van der Waals surface area contributed by atoms with E-state index in [2.05, 4.69) is 0 Å². The SMILES string of the molecule is O=[C]CCC(O)CCO. The fraction of sp³-hybridized carbons (Fsp3) is 0.833. The first-order valence-electron chi connectivity index (χ1n) is 2.95. The van der Waals surface area contributed by atoms with Crippen molar-refractivity contribution < 1.29 is 15.0 Å². The second kappa shape index (κ2) is 5.72. The molecule has 0 fully saturated rings. The Balaban J connectivity index is 3.04. The molecular formula is C6H11O3. The maximum absolute atomic E-state index is 9.61. The summed E-state index contributed by atoms with van der Waals surface area (Å²) in [6, 6.07) is 0. The smallest absolute Gasteiger partial charge is 0.198 e. The Kier molecular flexibility index (Phi) is 5.46. The molecule has 0 aliphatic heterocycles. The third kappa shape index (κ3) is 5.46. The summed E-state index contributed by atoms with van der Waals surface area (Å²) >= 11 is 0. The maximum Gasteiger partial charge on any atom is 0.198 e. The van der Waals surface area contributed by atoms with E-state index in [9.17, 15) is 4.79 Å². The quantitative estimate of drug-likeness (QED) is 0.534. The van der Waals surface area contributed by atoms with Crippen LogP contribution in [0.1, 0.15) is 19.3 Å². The van der Waals surface area contributed by atoms with Crippen LogP contribution in [-0.2, 0) is 4.79 Å². The van der Waals surface area contributed by atoms with Crippen LogP contribution in [0, 0.1) is 0 Å². The fourth-order valence-corrected chi connectivity index (χ4v) is 0.519. The molecule has 9 heavy (non-hydrogen) atoms. The van der Waals surface area contributed by atoms with Gasteiger partial charge in [0.25, 0.3) is 0 Å².